The van der Waals surface area contributed by atoms with Gasteiger partial charge in [-0.3, -0.25) is 4.79 Å². The number of fused-ring (bicyclic) bond motifs is 1. The van der Waals surface area contributed by atoms with Crippen LogP contribution >= 0.6 is 0 Å². The zero-order valence-corrected chi connectivity index (χ0v) is 18.3. The molecule has 7 nitrogen and oxygen atoms in total. The van der Waals surface area contributed by atoms with Gasteiger partial charge in [0.2, 0.25) is 0 Å². The van der Waals surface area contributed by atoms with Gasteiger partial charge in [-0.2, -0.15) is 5.10 Å². The van der Waals surface area contributed by atoms with Gasteiger partial charge < -0.3 is 15.6 Å². The van der Waals surface area contributed by atoms with Gasteiger partial charge in [-0.25, -0.2) is 9.50 Å². The Bertz CT molecular complexity index is 1280. The largest absolute Gasteiger partial charge is 0.481 e. The molecule has 168 valence electrons. The summed E-state index contributed by atoms with van der Waals surface area (Å²) in [5, 5.41) is 14.0. The Balaban J connectivity index is 1.63. The van der Waals surface area contributed by atoms with Crippen LogP contribution < -0.4 is 10.5 Å². The van der Waals surface area contributed by atoms with Gasteiger partial charge in [-0.15, -0.1) is 0 Å². The Morgan fingerprint density at radius 2 is 1.76 bits per heavy atom. The summed E-state index contributed by atoms with van der Waals surface area (Å²) < 4.78 is 7.85. The van der Waals surface area contributed by atoms with Crippen molar-refractivity contribution in [2.24, 2.45) is 0 Å². The molecule has 0 spiro atoms. The van der Waals surface area contributed by atoms with Crippen LogP contribution in [0.3, 0.4) is 0 Å². The Morgan fingerprint density at radius 1 is 1.06 bits per heavy atom. The third-order valence-corrected chi connectivity index (χ3v) is 6.35. The summed E-state index contributed by atoms with van der Waals surface area (Å²) in [5.74, 6) is 1.40. The fraction of sp³-hybridized carbons (Fsp3) is 0.269. The first kappa shape index (κ1) is 21.0. The minimum absolute atomic E-state index is 0.0478. The molecule has 2 aromatic carbocycles. The lowest BCUT2D eigenvalue weighted by Crippen LogP contribution is -2.07. The number of anilines is 1. The van der Waals surface area contributed by atoms with Gasteiger partial charge in [-0.1, -0.05) is 43.2 Å². The summed E-state index contributed by atoms with van der Waals surface area (Å²) in [7, 11) is 0. The van der Waals surface area contributed by atoms with Gasteiger partial charge in [-0.05, 0) is 54.7 Å². The number of carboxylic acids is 1. The Kier molecular flexibility index (Phi) is 5.69. The fourth-order valence-electron chi connectivity index (χ4n) is 4.91. The molecular weight excluding hydrogens is 416 g/mol. The Morgan fingerprint density at radius 3 is 2.45 bits per heavy atom. The van der Waals surface area contributed by atoms with Crippen LogP contribution in [-0.4, -0.2) is 25.7 Å². The van der Waals surface area contributed by atoms with E-state index in [9.17, 15) is 9.90 Å². The first-order valence-electron chi connectivity index (χ1n) is 11.3. The number of aromatic nitrogens is 3. The summed E-state index contributed by atoms with van der Waals surface area (Å²) >= 11 is 0. The summed E-state index contributed by atoms with van der Waals surface area (Å²) in [6.45, 7) is 0. The van der Waals surface area contributed by atoms with Gasteiger partial charge >= 0.3 is 5.97 Å². The molecule has 5 rings (SSSR count). The summed E-state index contributed by atoms with van der Waals surface area (Å²) in [6, 6.07) is 17.4. The molecule has 2 aromatic heterocycles. The number of rotatable bonds is 7. The van der Waals surface area contributed by atoms with Crippen LogP contribution in [0.15, 0.2) is 60.9 Å². The van der Waals surface area contributed by atoms with Crippen molar-refractivity contribution in [1.29, 1.82) is 0 Å². The molecule has 2 heterocycles. The lowest BCUT2D eigenvalue weighted by atomic mass is 9.92. The van der Waals surface area contributed by atoms with Crippen LogP contribution in [0, 0.1) is 0 Å². The second-order valence-electron chi connectivity index (χ2n) is 8.46. The molecule has 0 radical (unpaired) electrons. The van der Waals surface area contributed by atoms with E-state index >= 15 is 0 Å². The van der Waals surface area contributed by atoms with Crippen molar-refractivity contribution >= 4 is 17.3 Å². The van der Waals surface area contributed by atoms with E-state index in [4.69, 9.17) is 10.5 Å². The molecule has 0 bridgehead atoms. The average Bonchev–Trinajstić information content (AvgIpc) is 3.45. The molecule has 0 aliphatic heterocycles. The number of hydrogen-bond acceptors (Lipinski definition) is 5. The number of carboxylic acid groups (broad SMARTS) is 1. The minimum atomic E-state index is -0.820. The molecule has 0 saturated heterocycles. The molecule has 0 atom stereocenters. The highest BCUT2D eigenvalue weighted by Crippen LogP contribution is 2.44. The van der Waals surface area contributed by atoms with Crippen LogP contribution in [0.2, 0.25) is 0 Å². The maximum absolute atomic E-state index is 11.5. The monoisotopic (exact) mass is 442 g/mol. The smallest absolute Gasteiger partial charge is 0.303 e. The second kappa shape index (κ2) is 8.94. The standard InChI is InChI=1S/C26H26N4O3/c27-26-25-23(17-10-12-20(13-11-17)33-19-8-2-1-3-9-19)21(14-15-22(31)32)24(18-6-4-5-7-18)30(25)29-16-28-26/h1-3,8-13,16,18H,4-7,14-15H2,(H,31,32)(H2,27,28,29). The first-order valence-corrected chi connectivity index (χ1v) is 11.3. The molecule has 1 aliphatic rings. The predicted molar refractivity (Wildman–Crippen MR) is 127 cm³/mol. The number of nitrogen functional groups attached to an aromatic ring is 1. The zero-order chi connectivity index (χ0) is 22.8. The second-order valence-corrected chi connectivity index (χ2v) is 8.46. The van der Waals surface area contributed by atoms with Gasteiger partial charge in [0.25, 0.3) is 0 Å². The highest BCUT2D eigenvalue weighted by atomic mass is 16.5. The first-order chi connectivity index (χ1) is 16.1. The highest BCUT2D eigenvalue weighted by Gasteiger charge is 2.29. The predicted octanol–water partition coefficient (Wildman–Crippen LogP) is 5.45. The van der Waals surface area contributed by atoms with Crippen LogP contribution in [0.5, 0.6) is 11.5 Å². The van der Waals surface area contributed by atoms with Crippen molar-refractivity contribution in [2.45, 2.75) is 44.4 Å². The third-order valence-electron chi connectivity index (χ3n) is 6.35. The summed E-state index contributed by atoms with van der Waals surface area (Å²) in [5.41, 5.74) is 11.0. The van der Waals surface area contributed by atoms with E-state index in [1.54, 1.807) is 0 Å². The van der Waals surface area contributed by atoms with Gasteiger partial charge in [0, 0.05) is 23.6 Å². The minimum Gasteiger partial charge on any atom is -0.481 e. The molecule has 1 saturated carbocycles. The van der Waals surface area contributed by atoms with Gasteiger partial charge in [0.1, 0.15) is 23.3 Å². The number of para-hydroxylation sites is 1. The lowest BCUT2D eigenvalue weighted by molar-refractivity contribution is -0.136. The van der Waals surface area contributed by atoms with Crippen molar-refractivity contribution < 1.29 is 14.6 Å². The molecule has 1 aliphatic carbocycles. The van der Waals surface area contributed by atoms with E-state index in [-0.39, 0.29) is 6.42 Å². The maximum atomic E-state index is 11.5. The highest BCUT2D eigenvalue weighted by molar-refractivity contribution is 5.91. The molecule has 33 heavy (non-hydrogen) atoms. The average molecular weight is 443 g/mol. The SMILES string of the molecule is Nc1ncnn2c(C3CCCC3)c(CCC(=O)O)c(-c3ccc(Oc4ccccc4)cc3)c12. The quantitative estimate of drug-likeness (QED) is 0.395. The number of aliphatic carboxylic acids is 1. The molecule has 3 N–H and O–H groups in total. The lowest BCUT2D eigenvalue weighted by Gasteiger charge is -2.13. The number of ether oxygens (including phenoxy) is 1. The normalized spacial score (nSPS) is 14.1. The van der Waals surface area contributed by atoms with Crippen LogP contribution in [0.1, 0.15) is 49.3 Å². The van der Waals surface area contributed by atoms with E-state index in [1.807, 2.05) is 59.1 Å². The molecule has 0 amide bonds. The zero-order valence-electron chi connectivity index (χ0n) is 18.3. The van der Waals surface area contributed by atoms with Crippen molar-refractivity contribution in [2.75, 3.05) is 5.73 Å². The van der Waals surface area contributed by atoms with Crippen LogP contribution in [0.4, 0.5) is 5.82 Å². The van der Waals surface area contributed by atoms with Crippen molar-refractivity contribution in [3.63, 3.8) is 0 Å². The van der Waals surface area contributed by atoms with Crippen molar-refractivity contribution in [3.05, 3.63) is 72.2 Å². The maximum Gasteiger partial charge on any atom is 0.303 e. The van der Waals surface area contributed by atoms with E-state index in [0.29, 0.717) is 18.2 Å². The van der Waals surface area contributed by atoms with E-state index in [2.05, 4.69) is 10.1 Å². The number of hydrogen-bond donors (Lipinski definition) is 2. The van der Waals surface area contributed by atoms with Gasteiger partial charge in [0.05, 0.1) is 0 Å². The topological polar surface area (TPSA) is 103 Å². The molecule has 1 fully saturated rings. The molecule has 4 aromatic rings. The number of nitrogens with zero attached hydrogens (tertiary/aromatic N) is 3. The van der Waals surface area contributed by atoms with Crippen molar-refractivity contribution in [1.82, 2.24) is 14.6 Å². The van der Waals surface area contributed by atoms with Crippen molar-refractivity contribution in [3.8, 4) is 22.6 Å². The summed E-state index contributed by atoms with van der Waals surface area (Å²) in [6.07, 6.45) is 6.41. The van der Waals surface area contributed by atoms with E-state index in [0.717, 1.165) is 65.1 Å². The number of carbonyl (C=O) groups is 1. The van der Waals surface area contributed by atoms with Gasteiger partial charge in [0.15, 0.2) is 5.82 Å². The van der Waals surface area contributed by atoms with Crippen LogP contribution in [0.25, 0.3) is 16.6 Å². The molecule has 7 heteroatoms. The Labute approximate surface area is 191 Å². The van der Waals surface area contributed by atoms with E-state index in [1.165, 1.54) is 6.33 Å². The number of nitrogens with two attached hydrogens (primary N) is 1. The van der Waals surface area contributed by atoms with Crippen LogP contribution in [-0.2, 0) is 11.2 Å². The fourth-order valence-corrected chi connectivity index (χ4v) is 4.91. The third kappa shape index (κ3) is 4.14. The Hall–Kier alpha value is -3.87. The summed E-state index contributed by atoms with van der Waals surface area (Å²) in [4.78, 5) is 15.7. The molecule has 0 unspecified atom stereocenters. The molecular formula is C26H26N4O3. The van der Waals surface area contributed by atoms with E-state index < -0.39 is 5.97 Å². The number of benzene rings is 2.